The van der Waals surface area contributed by atoms with Gasteiger partial charge >= 0.3 is 0 Å². The molecular weight excluding hydrogens is 356 g/mol. The summed E-state index contributed by atoms with van der Waals surface area (Å²) in [5, 5.41) is 10.1. The van der Waals surface area contributed by atoms with Gasteiger partial charge in [0.2, 0.25) is 0 Å². The molecule has 0 aromatic heterocycles. The van der Waals surface area contributed by atoms with E-state index >= 15 is 0 Å². The highest BCUT2D eigenvalue weighted by molar-refractivity contribution is 6.33. The van der Waals surface area contributed by atoms with E-state index in [2.05, 4.69) is 0 Å². The van der Waals surface area contributed by atoms with Crippen LogP contribution in [0.3, 0.4) is 0 Å². The summed E-state index contributed by atoms with van der Waals surface area (Å²) in [5.41, 5.74) is 0.469. The van der Waals surface area contributed by atoms with Crippen LogP contribution in [0.25, 0.3) is 0 Å². The summed E-state index contributed by atoms with van der Waals surface area (Å²) >= 11 is 6.08. The molecular formula is C19H19ClN2O4. The molecule has 7 heteroatoms. The fourth-order valence-corrected chi connectivity index (χ4v) is 2.99. The van der Waals surface area contributed by atoms with Crippen LogP contribution in [0.15, 0.2) is 48.5 Å². The number of phenolic OH excluding ortho intramolecular Hbond substituents is 1. The number of aromatic hydroxyl groups is 1. The number of amides is 2. The van der Waals surface area contributed by atoms with Crippen molar-refractivity contribution in [1.29, 1.82) is 0 Å². The molecule has 1 aliphatic heterocycles. The lowest BCUT2D eigenvalue weighted by atomic mass is 10.2. The summed E-state index contributed by atoms with van der Waals surface area (Å²) < 4.78 is 5.37. The van der Waals surface area contributed by atoms with Gasteiger partial charge in [-0.1, -0.05) is 35.9 Å². The number of benzene rings is 2. The van der Waals surface area contributed by atoms with E-state index in [1.165, 1.54) is 6.07 Å². The van der Waals surface area contributed by atoms with Crippen LogP contribution < -0.4 is 4.74 Å². The number of halogens is 1. The summed E-state index contributed by atoms with van der Waals surface area (Å²) in [5.74, 6) is -0.0462. The van der Waals surface area contributed by atoms with Crippen molar-refractivity contribution in [1.82, 2.24) is 9.80 Å². The zero-order valence-corrected chi connectivity index (χ0v) is 14.9. The van der Waals surface area contributed by atoms with Crippen LogP contribution in [-0.2, 0) is 4.79 Å². The molecule has 0 radical (unpaired) electrons. The number of ether oxygens (including phenoxy) is 1. The van der Waals surface area contributed by atoms with Gasteiger partial charge in [-0.2, -0.15) is 0 Å². The molecule has 136 valence electrons. The minimum Gasteiger partial charge on any atom is -0.504 e. The maximum absolute atomic E-state index is 12.5. The van der Waals surface area contributed by atoms with Crippen LogP contribution in [0.2, 0.25) is 5.02 Å². The number of rotatable bonds is 4. The SMILES string of the molecule is O=C(COc1ccccc1O)N1CCN(C(=O)c2ccccc2Cl)CC1. The third-order valence-corrected chi connectivity index (χ3v) is 4.57. The number of piperazine rings is 1. The van der Waals surface area contributed by atoms with E-state index in [1.807, 2.05) is 0 Å². The van der Waals surface area contributed by atoms with Crippen molar-refractivity contribution >= 4 is 23.4 Å². The monoisotopic (exact) mass is 374 g/mol. The summed E-state index contributed by atoms with van der Waals surface area (Å²) in [6, 6.07) is 13.4. The number of para-hydroxylation sites is 2. The van der Waals surface area contributed by atoms with E-state index < -0.39 is 0 Å². The Kier molecular flexibility index (Phi) is 5.63. The minimum absolute atomic E-state index is 0.00421. The van der Waals surface area contributed by atoms with E-state index in [4.69, 9.17) is 16.3 Å². The maximum Gasteiger partial charge on any atom is 0.260 e. The third kappa shape index (κ3) is 4.08. The van der Waals surface area contributed by atoms with E-state index in [0.29, 0.717) is 36.8 Å². The van der Waals surface area contributed by atoms with E-state index in [0.717, 1.165) is 0 Å². The highest BCUT2D eigenvalue weighted by Gasteiger charge is 2.26. The third-order valence-electron chi connectivity index (χ3n) is 4.24. The van der Waals surface area contributed by atoms with Gasteiger partial charge in [0.1, 0.15) is 0 Å². The second-order valence-corrected chi connectivity index (χ2v) is 6.32. The molecule has 0 spiro atoms. The summed E-state index contributed by atoms with van der Waals surface area (Å²) in [7, 11) is 0. The molecule has 3 rings (SSSR count). The van der Waals surface area contributed by atoms with E-state index in [-0.39, 0.29) is 29.9 Å². The molecule has 0 bridgehead atoms. The van der Waals surface area contributed by atoms with Crippen LogP contribution in [0.4, 0.5) is 0 Å². The van der Waals surface area contributed by atoms with Gasteiger partial charge < -0.3 is 19.6 Å². The number of hydrogen-bond acceptors (Lipinski definition) is 4. The highest BCUT2D eigenvalue weighted by Crippen LogP contribution is 2.24. The minimum atomic E-state index is -0.182. The standard InChI is InChI=1S/C19H19ClN2O4/c20-15-6-2-1-5-14(15)19(25)22-11-9-21(10-12-22)18(24)13-26-17-8-4-3-7-16(17)23/h1-8,23H,9-13H2. The van der Waals surface area contributed by atoms with Gasteiger partial charge in [0, 0.05) is 26.2 Å². The fraction of sp³-hybridized carbons (Fsp3) is 0.263. The first-order valence-corrected chi connectivity index (χ1v) is 8.66. The average molecular weight is 375 g/mol. The van der Waals surface area contributed by atoms with Crippen LogP contribution in [0, 0.1) is 0 Å². The lowest BCUT2D eigenvalue weighted by Gasteiger charge is -2.34. The van der Waals surface area contributed by atoms with Gasteiger partial charge in [-0.15, -0.1) is 0 Å². The van der Waals surface area contributed by atoms with Crippen LogP contribution in [-0.4, -0.2) is 59.5 Å². The topological polar surface area (TPSA) is 70.1 Å². The lowest BCUT2D eigenvalue weighted by molar-refractivity contribution is -0.134. The second kappa shape index (κ2) is 8.10. The Morgan fingerprint density at radius 2 is 1.58 bits per heavy atom. The fourth-order valence-electron chi connectivity index (χ4n) is 2.77. The van der Waals surface area contributed by atoms with Crippen molar-refractivity contribution in [3.8, 4) is 11.5 Å². The van der Waals surface area contributed by atoms with Gasteiger partial charge in [0.25, 0.3) is 11.8 Å². The smallest absolute Gasteiger partial charge is 0.260 e. The average Bonchev–Trinajstić information content (AvgIpc) is 2.67. The Morgan fingerprint density at radius 1 is 0.962 bits per heavy atom. The predicted octanol–water partition coefficient (Wildman–Crippen LogP) is 2.41. The number of nitrogens with zero attached hydrogens (tertiary/aromatic N) is 2. The normalized spacial score (nSPS) is 14.2. The van der Waals surface area contributed by atoms with Crippen molar-refractivity contribution in [2.45, 2.75) is 0 Å². The largest absolute Gasteiger partial charge is 0.504 e. The molecule has 0 aliphatic carbocycles. The quantitative estimate of drug-likeness (QED) is 0.892. The first kappa shape index (κ1) is 18.1. The van der Waals surface area contributed by atoms with Crippen molar-refractivity contribution in [3.05, 3.63) is 59.1 Å². The van der Waals surface area contributed by atoms with Gasteiger partial charge in [-0.05, 0) is 24.3 Å². The van der Waals surface area contributed by atoms with Crippen LogP contribution in [0.5, 0.6) is 11.5 Å². The molecule has 0 unspecified atom stereocenters. The molecule has 1 heterocycles. The molecule has 1 saturated heterocycles. The van der Waals surface area contributed by atoms with Crippen molar-refractivity contribution in [2.24, 2.45) is 0 Å². The molecule has 2 aromatic carbocycles. The molecule has 26 heavy (non-hydrogen) atoms. The number of hydrogen-bond donors (Lipinski definition) is 1. The van der Waals surface area contributed by atoms with E-state index in [1.54, 1.807) is 52.3 Å². The van der Waals surface area contributed by atoms with Crippen molar-refractivity contribution in [2.75, 3.05) is 32.8 Å². The zero-order chi connectivity index (χ0) is 18.5. The maximum atomic E-state index is 12.5. The van der Waals surface area contributed by atoms with Gasteiger partial charge in [-0.25, -0.2) is 0 Å². The number of phenols is 1. The Labute approximate surface area is 156 Å². The first-order chi connectivity index (χ1) is 12.6. The Morgan fingerprint density at radius 3 is 2.27 bits per heavy atom. The van der Waals surface area contributed by atoms with Gasteiger partial charge in [0.15, 0.2) is 18.1 Å². The first-order valence-electron chi connectivity index (χ1n) is 8.28. The van der Waals surface area contributed by atoms with Gasteiger partial charge in [0.05, 0.1) is 10.6 Å². The summed E-state index contributed by atoms with van der Waals surface area (Å²) in [6.45, 7) is 1.58. The Balaban J connectivity index is 1.52. The summed E-state index contributed by atoms with van der Waals surface area (Å²) in [4.78, 5) is 28.1. The molecule has 1 aliphatic rings. The number of carbonyl (C=O) groups is 2. The Bertz CT molecular complexity index is 804. The predicted molar refractivity (Wildman–Crippen MR) is 97.5 cm³/mol. The molecule has 2 amide bonds. The van der Waals surface area contributed by atoms with Crippen LogP contribution >= 0.6 is 11.6 Å². The molecule has 2 aromatic rings. The molecule has 1 N–H and O–H groups in total. The van der Waals surface area contributed by atoms with E-state index in [9.17, 15) is 14.7 Å². The molecule has 6 nitrogen and oxygen atoms in total. The number of carbonyl (C=O) groups excluding carboxylic acids is 2. The zero-order valence-electron chi connectivity index (χ0n) is 14.1. The van der Waals surface area contributed by atoms with Crippen molar-refractivity contribution < 1.29 is 19.4 Å². The lowest BCUT2D eigenvalue weighted by Crippen LogP contribution is -2.51. The highest BCUT2D eigenvalue weighted by atomic mass is 35.5. The summed E-state index contributed by atoms with van der Waals surface area (Å²) in [6.07, 6.45) is 0. The molecule has 1 fully saturated rings. The van der Waals surface area contributed by atoms with Gasteiger partial charge in [-0.3, -0.25) is 9.59 Å². The second-order valence-electron chi connectivity index (χ2n) is 5.91. The molecule has 0 saturated carbocycles. The molecule has 0 atom stereocenters. The van der Waals surface area contributed by atoms with Crippen molar-refractivity contribution in [3.63, 3.8) is 0 Å². The Hall–Kier alpha value is -2.73. The van der Waals surface area contributed by atoms with Crippen LogP contribution in [0.1, 0.15) is 10.4 Å².